The van der Waals surface area contributed by atoms with Crippen molar-refractivity contribution >= 4 is 5.97 Å². The molecule has 0 aromatic heterocycles. The van der Waals surface area contributed by atoms with Crippen LogP contribution in [0.25, 0.3) is 0 Å². The van der Waals surface area contributed by atoms with Crippen LogP contribution in [0.15, 0.2) is 23.3 Å². The van der Waals surface area contributed by atoms with Crippen LogP contribution in [-0.4, -0.2) is 12.1 Å². The van der Waals surface area contributed by atoms with E-state index in [4.69, 9.17) is 4.74 Å². The topological polar surface area (TPSA) is 26.3 Å². The third-order valence-corrected chi connectivity index (χ3v) is 4.14. The van der Waals surface area contributed by atoms with Gasteiger partial charge in [-0.2, -0.15) is 0 Å². The van der Waals surface area contributed by atoms with Crippen molar-refractivity contribution in [1.82, 2.24) is 0 Å². The lowest BCUT2D eigenvalue weighted by molar-refractivity contribution is -0.141. The van der Waals surface area contributed by atoms with Gasteiger partial charge in [0.25, 0.3) is 0 Å². The zero-order valence-corrected chi connectivity index (χ0v) is 13.1. The molecule has 0 aromatic rings. The van der Waals surface area contributed by atoms with Gasteiger partial charge in [0, 0.05) is 5.41 Å². The van der Waals surface area contributed by atoms with Crippen molar-refractivity contribution < 1.29 is 9.53 Å². The second-order valence-corrected chi connectivity index (χ2v) is 6.37. The summed E-state index contributed by atoms with van der Waals surface area (Å²) in [6.45, 7) is 10.6. The van der Waals surface area contributed by atoms with Crippen LogP contribution in [0.5, 0.6) is 0 Å². The average Bonchev–Trinajstić information content (AvgIpc) is 2.52. The van der Waals surface area contributed by atoms with E-state index in [-0.39, 0.29) is 17.5 Å². The Balaban J connectivity index is 2.36. The Bertz CT molecular complexity index is 375. The van der Waals surface area contributed by atoms with Crippen molar-refractivity contribution in [1.29, 1.82) is 0 Å². The van der Waals surface area contributed by atoms with Crippen LogP contribution in [0, 0.1) is 5.41 Å². The number of cyclic esters (lactones) is 1. The van der Waals surface area contributed by atoms with E-state index in [2.05, 4.69) is 39.8 Å². The maximum Gasteiger partial charge on any atom is 0.306 e. The summed E-state index contributed by atoms with van der Waals surface area (Å²) in [5.74, 6) is -0.0424. The van der Waals surface area contributed by atoms with Gasteiger partial charge in [-0.05, 0) is 53.4 Å². The standard InChI is InChI=1S/C17H28O2/c1-13(2)8-6-9-14(3)10-7-11-17(5)12-16(18)19-15(17)4/h8,10,15H,6-7,9,11-12H2,1-5H3/b14-10+. The Morgan fingerprint density at radius 1 is 1.32 bits per heavy atom. The predicted octanol–water partition coefficient (Wildman–Crippen LogP) is 4.80. The Kier molecular flexibility index (Phi) is 5.84. The van der Waals surface area contributed by atoms with Crippen LogP contribution in [0.1, 0.15) is 66.7 Å². The lowest BCUT2D eigenvalue weighted by Crippen LogP contribution is -2.24. The van der Waals surface area contributed by atoms with Crippen LogP contribution in [0.3, 0.4) is 0 Å². The molecule has 0 aromatic carbocycles. The molecule has 2 nitrogen and oxygen atoms in total. The summed E-state index contributed by atoms with van der Waals surface area (Å²) in [6, 6.07) is 0. The van der Waals surface area contributed by atoms with E-state index in [1.165, 1.54) is 11.1 Å². The number of carbonyl (C=O) groups is 1. The van der Waals surface area contributed by atoms with E-state index in [1.54, 1.807) is 0 Å². The van der Waals surface area contributed by atoms with Gasteiger partial charge in [-0.3, -0.25) is 4.79 Å². The van der Waals surface area contributed by atoms with E-state index in [1.807, 2.05) is 6.92 Å². The van der Waals surface area contributed by atoms with Gasteiger partial charge in [0.05, 0.1) is 6.42 Å². The molecule has 0 N–H and O–H groups in total. The molecular formula is C17H28O2. The minimum Gasteiger partial charge on any atom is -0.462 e. The Morgan fingerprint density at radius 3 is 2.53 bits per heavy atom. The first kappa shape index (κ1) is 16.0. The summed E-state index contributed by atoms with van der Waals surface area (Å²) >= 11 is 0. The minimum absolute atomic E-state index is 0.0216. The number of hydrogen-bond donors (Lipinski definition) is 0. The summed E-state index contributed by atoms with van der Waals surface area (Å²) in [5.41, 5.74) is 2.85. The maximum atomic E-state index is 11.3. The largest absolute Gasteiger partial charge is 0.462 e. The smallest absolute Gasteiger partial charge is 0.306 e. The lowest BCUT2D eigenvalue weighted by Gasteiger charge is -2.25. The molecule has 19 heavy (non-hydrogen) atoms. The predicted molar refractivity (Wildman–Crippen MR) is 79.9 cm³/mol. The summed E-state index contributed by atoms with van der Waals surface area (Å²) in [5, 5.41) is 0. The lowest BCUT2D eigenvalue weighted by atomic mass is 9.79. The van der Waals surface area contributed by atoms with Gasteiger partial charge >= 0.3 is 5.97 Å². The van der Waals surface area contributed by atoms with Crippen LogP contribution in [0.2, 0.25) is 0 Å². The molecule has 1 aliphatic rings. The van der Waals surface area contributed by atoms with Gasteiger partial charge in [-0.1, -0.05) is 30.2 Å². The quantitative estimate of drug-likeness (QED) is 0.509. The zero-order valence-electron chi connectivity index (χ0n) is 13.1. The minimum atomic E-state index is -0.0424. The zero-order chi connectivity index (χ0) is 14.5. The highest BCUT2D eigenvalue weighted by atomic mass is 16.5. The fraction of sp³-hybridized carbons (Fsp3) is 0.706. The Morgan fingerprint density at radius 2 is 2.00 bits per heavy atom. The van der Waals surface area contributed by atoms with Gasteiger partial charge in [0.2, 0.25) is 0 Å². The highest BCUT2D eigenvalue weighted by Crippen LogP contribution is 2.39. The highest BCUT2D eigenvalue weighted by Gasteiger charge is 2.41. The van der Waals surface area contributed by atoms with Gasteiger partial charge in [0.15, 0.2) is 0 Å². The average molecular weight is 264 g/mol. The van der Waals surface area contributed by atoms with Crippen LogP contribution in [-0.2, 0) is 9.53 Å². The molecule has 1 saturated heterocycles. The second kappa shape index (κ2) is 6.93. The van der Waals surface area contributed by atoms with Gasteiger partial charge < -0.3 is 4.74 Å². The van der Waals surface area contributed by atoms with E-state index in [9.17, 15) is 4.79 Å². The van der Waals surface area contributed by atoms with Gasteiger partial charge in [0.1, 0.15) is 6.10 Å². The highest BCUT2D eigenvalue weighted by molar-refractivity contribution is 5.72. The fourth-order valence-electron chi connectivity index (χ4n) is 2.49. The van der Waals surface area contributed by atoms with Crippen molar-refractivity contribution in [3.63, 3.8) is 0 Å². The second-order valence-electron chi connectivity index (χ2n) is 6.37. The van der Waals surface area contributed by atoms with E-state index >= 15 is 0 Å². The third-order valence-electron chi connectivity index (χ3n) is 4.14. The first-order valence-corrected chi connectivity index (χ1v) is 7.32. The van der Waals surface area contributed by atoms with E-state index in [0.29, 0.717) is 6.42 Å². The van der Waals surface area contributed by atoms with Crippen LogP contribution in [0.4, 0.5) is 0 Å². The molecule has 2 heteroatoms. The molecule has 2 unspecified atom stereocenters. The molecule has 1 rings (SSSR count). The third kappa shape index (κ3) is 5.22. The Hall–Kier alpha value is -1.05. The fourth-order valence-corrected chi connectivity index (χ4v) is 2.49. The number of rotatable bonds is 6. The van der Waals surface area contributed by atoms with Crippen molar-refractivity contribution in [2.45, 2.75) is 72.8 Å². The van der Waals surface area contributed by atoms with E-state index < -0.39 is 0 Å². The number of esters is 1. The molecule has 0 aliphatic carbocycles. The van der Waals surface area contributed by atoms with E-state index in [0.717, 1.165) is 25.7 Å². The molecule has 0 bridgehead atoms. The van der Waals surface area contributed by atoms with Crippen LogP contribution < -0.4 is 0 Å². The number of carbonyl (C=O) groups excluding carboxylic acids is 1. The molecular weight excluding hydrogens is 236 g/mol. The molecule has 2 atom stereocenters. The maximum absolute atomic E-state index is 11.3. The SMILES string of the molecule is CC(C)=CCC/C(C)=C/CCC1(C)CC(=O)OC1C. The number of hydrogen-bond acceptors (Lipinski definition) is 2. The molecule has 1 heterocycles. The van der Waals surface area contributed by atoms with Gasteiger partial charge in [-0.25, -0.2) is 0 Å². The molecule has 0 radical (unpaired) electrons. The summed E-state index contributed by atoms with van der Waals surface area (Å²) < 4.78 is 5.26. The molecule has 0 spiro atoms. The first-order valence-electron chi connectivity index (χ1n) is 7.32. The van der Waals surface area contributed by atoms with Crippen molar-refractivity contribution in [3.8, 4) is 0 Å². The first-order chi connectivity index (χ1) is 8.83. The number of allylic oxidation sites excluding steroid dienone is 4. The number of ether oxygens (including phenoxy) is 1. The monoisotopic (exact) mass is 264 g/mol. The summed E-state index contributed by atoms with van der Waals surface area (Å²) in [4.78, 5) is 11.3. The molecule has 1 fully saturated rings. The van der Waals surface area contributed by atoms with Crippen LogP contribution >= 0.6 is 0 Å². The van der Waals surface area contributed by atoms with Crippen molar-refractivity contribution in [2.75, 3.05) is 0 Å². The molecule has 1 aliphatic heterocycles. The van der Waals surface area contributed by atoms with Crippen molar-refractivity contribution in [3.05, 3.63) is 23.3 Å². The molecule has 108 valence electrons. The summed E-state index contributed by atoms with van der Waals surface area (Å²) in [6.07, 6.45) is 9.55. The molecule has 0 saturated carbocycles. The molecule has 0 amide bonds. The normalized spacial score (nSPS) is 27.3. The van der Waals surface area contributed by atoms with Crippen molar-refractivity contribution in [2.24, 2.45) is 5.41 Å². The summed E-state index contributed by atoms with van der Waals surface area (Å²) in [7, 11) is 0. The van der Waals surface area contributed by atoms with Gasteiger partial charge in [-0.15, -0.1) is 0 Å². The Labute approximate surface area is 117 Å².